The van der Waals surface area contributed by atoms with Gasteiger partial charge in [0.05, 0.1) is 12.4 Å². The van der Waals surface area contributed by atoms with Crippen LogP contribution in [0.1, 0.15) is 11.1 Å². The van der Waals surface area contributed by atoms with Crippen LogP contribution in [0.5, 0.6) is 11.5 Å². The van der Waals surface area contributed by atoms with E-state index in [4.69, 9.17) is 16.3 Å². The molecule has 0 aliphatic heterocycles. The molecule has 0 saturated carbocycles. The lowest BCUT2D eigenvalue weighted by molar-refractivity contribution is 0.476. The molecular weight excluding hydrogens is 322 g/mol. The SMILES string of the molecule is Clc1cccc(CCNCc2cccc(Oc3cncnc3)c2)c1. The summed E-state index contributed by atoms with van der Waals surface area (Å²) in [5.74, 6) is 1.41. The van der Waals surface area contributed by atoms with Crippen molar-refractivity contribution < 1.29 is 4.74 Å². The zero-order valence-electron chi connectivity index (χ0n) is 13.2. The maximum Gasteiger partial charge on any atom is 0.163 e. The van der Waals surface area contributed by atoms with Crippen LogP contribution in [0.2, 0.25) is 5.02 Å². The first-order chi connectivity index (χ1) is 11.8. The van der Waals surface area contributed by atoms with Gasteiger partial charge in [0.2, 0.25) is 0 Å². The van der Waals surface area contributed by atoms with E-state index >= 15 is 0 Å². The average molecular weight is 340 g/mol. The van der Waals surface area contributed by atoms with Crippen molar-refractivity contribution in [1.82, 2.24) is 15.3 Å². The van der Waals surface area contributed by atoms with Crippen molar-refractivity contribution in [3.63, 3.8) is 0 Å². The predicted molar refractivity (Wildman–Crippen MR) is 95.4 cm³/mol. The molecule has 122 valence electrons. The lowest BCUT2D eigenvalue weighted by Gasteiger charge is -2.08. The molecule has 2 aromatic carbocycles. The van der Waals surface area contributed by atoms with Crippen LogP contribution in [0, 0.1) is 0 Å². The Labute approximate surface area is 146 Å². The fourth-order valence-corrected chi connectivity index (χ4v) is 2.56. The average Bonchev–Trinajstić information content (AvgIpc) is 2.60. The number of hydrogen-bond donors (Lipinski definition) is 1. The van der Waals surface area contributed by atoms with Gasteiger partial charge in [-0.25, -0.2) is 9.97 Å². The minimum absolute atomic E-state index is 0.628. The third-order valence-electron chi connectivity index (χ3n) is 3.48. The zero-order valence-corrected chi connectivity index (χ0v) is 13.9. The molecule has 0 aliphatic rings. The lowest BCUT2D eigenvalue weighted by atomic mass is 10.1. The largest absolute Gasteiger partial charge is 0.454 e. The number of aromatic nitrogens is 2. The summed E-state index contributed by atoms with van der Waals surface area (Å²) in [5, 5.41) is 4.22. The predicted octanol–water partition coefficient (Wildman–Crippen LogP) is 4.25. The molecule has 4 nitrogen and oxygen atoms in total. The maximum absolute atomic E-state index is 5.99. The molecule has 0 aliphatic carbocycles. The van der Waals surface area contributed by atoms with E-state index in [1.54, 1.807) is 12.4 Å². The van der Waals surface area contributed by atoms with Gasteiger partial charge in [0, 0.05) is 11.6 Å². The molecule has 24 heavy (non-hydrogen) atoms. The molecule has 5 heteroatoms. The highest BCUT2D eigenvalue weighted by atomic mass is 35.5. The van der Waals surface area contributed by atoms with Gasteiger partial charge in [0.1, 0.15) is 12.1 Å². The topological polar surface area (TPSA) is 47.0 Å². The van der Waals surface area contributed by atoms with Crippen LogP contribution >= 0.6 is 11.6 Å². The summed E-state index contributed by atoms with van der Waals surface area (Å²) in [6, 6.07) is 15.9. The van der Waals surface area contributed by atoms with Crippen molar-refractivity contribution in [2.75, 3.05) is 6.54 Å². The quantitative estimate of drug-likeness (QED) is 0.653. The number of nitrogens with one attached hydrogen (secondary N) is 1. The van der Waals surface area contributed by atoms with Crippen molar-refractivity contribution in [1.29, 1.82) is 0 Å². The Kier molecular flexibility index (Phi) is 5.77. The summed E-state index contributed by atoms with van der Waals surface area (Å²) in [4.78, 5) is 7.88. The zero-order chi connectivity index (χ0) is 16.6. The Morgan fingerprint density at radius 3 is 2.54 bits per heavy atom. The fourth-order valence-electron chi connectivity index (χ4n) is 2.35. The van der Waals surface area contributed by atoms with E-state index in [2.05, 4.69) is 27.4 Å². The molecule has 3 rings (SSSR count). The van der Waals surface area contributed by atoms with Crippen LogP contribution in [0.3, 0.4) is 0 Å². The smallest absolute Gasteiger partial charge is 0.163 e. The number of benzene rings is 2. The molecule has 0 fully saturated rings. The van der Waals surface area contributed by atoms with Crippen molar-refractivity contribution >= 4 is 11.6 Å². The van der Waals surface area contributed by atoms with E-state index in [9.17, 15) is 0 Å². The summed E-state index contributed by atoms with van der Waals surface area (Å²) >= 11 is 5.99. The molecule has 0 saturated heterocycles. The van der Waals surface area contributed by atoms with E-state index < -0.39 is 0 Å². The van der Waals surface area contributed by atoms with Crippen LogP contribution in [0.4, 0.5) is 0 Å². The monoisotopic (exact) mass is 339 g/mol. The van der Waals surface area contributed by atoms with Gasteiger partial charge in [0.25, 0.3) is 0 Å². The van der Waals surface area contributed by atoms with Gasteiger partial charge in [-0.1, -0.05) is 35.9 Å². The van der Waals surface area contributed by atoms with Gasteiger partial charge < -0.3 is 10.1 Å². The number of hydrogen-bond acceptors (Lipinski definition) is 4. The van der Waals surface area contributed by atoms with E-state index in [0.29, 0.717) is 5.75 Å². The van der Waals surface area contributed by atoms with Crippen molar-refractivity contribution in [3.05, 3.63) is 83.4 Å². The van der Waals surface area contributed by atoms with Gasteiger partial charge in [-0.3, -0.25) is 0 Å². The molecule has 0 atom stereocenters. The first-order valence-corrected chi connectivity index (χ1v) is 8.14. The number of ether oxygens (including phenoxy) is 1. The van der Waals surface area contributed by atoms with Gasteiger partial charge >= 0.3 is 0 Å². The normalized spacial score (nSPS) is 10.5. The first kappa shape index (κ1) is 16.4. The third-order valence-corrected chi connectivity index (χ3v) is 3.71. The Morgan fingerprint density at radius 1 is 0.917 bits per heavy atom. The number of halogens is 1. The van der Waals surface area contributed by atoms with E-state index in [0.717, 1.165) is 35.8 Å². The summed E-state index contributed by atoms with van der Waals surface area (Å²) in [7, 11) is 0. The van der Waals surface area contributed by atoms with Crippen LogP contribution < -0.4 is 10.1 Å². The Morgan fingerprint density at radius 2 is 1.71 bits per heavy atom. The van der Waals surface area contributed by atoms with Crippen molar-refractivity contribution in [2.45, 2.75) is 13.0 Å². The molecule has 1 aromatic heterocycles. The highest BCUT2D eigenvalue weighted by Gasteiger charge is 2.00. The molecule has 0 amide bonds. The van der Waals surface area contributed by atoms with Crippen LogP contribution in [-0.2, 0) is 13.0 Å². The van der Waals surface area contributed by atoms with Crippen LogP contribution in [-0.4, -0.2) is 16.5 Å². The highest BCUT2D eigenvalue weighted by molar-refractivity contribution is 6.30. The summed E-state index contributed by atoms with van der Waals surface area (Å²) in [5.41, 5.74) is 2.40. The van der Waals surface area contributed by atoms with E-state index in [-0.39, 0.29) is 0 Å². The van der Waals surface area contributed by atoms with E-state index in [1.165, 1.54) is 11.9 Å². The lowest BCUT2D eigenvalue weighted by Crippen LogP contribution is -2.16. The molecule has 0 bridgehead atoms. The standard InChI is InChI=1S/C19H18ClN3O/c20-17-5-1-3-15(9-17)7-8-21-11-16-4-2-6-18(10-16)24-19-12-22-14-23-13-19/h1-6,9-10,12-14,21H,7-8,11H2. The summed E-state index contributed by atoms with van der Waals surface area (Å²) in [6.07, 6.45) is 5.71. The minimum atomic E-state index is 0.628. The molecule has 1 heterocycles. The minimum Gasteiger partial charge on any atom is -0.454 e. The fraction of sp³-hybridized carbons (Fsp3) is 0.158. The second-order valence-electron chi connectivity index (χ2n) is 5.38. The maximum atomic E-state index is 5.99. The molecular formula is C19H18ClN3O. The van der Waals surface area contributed by atoms with Gasteiger partial charge in [-0.15, -0.1) is 0 Å². The first-order valence-electron chi connectivity index (χ1n) is 7.76. The van der Waals surface area contributed by atoms with Crippen LogP contribution in [0.15, 0.2) is 67.3 Å². The molecule has 0 radical (unpaired) electrons. The van der Waals surface area contributed by atoms with Gasteiger partial charge in [0.15, 0.2) is 5.75 Å². The highest BCUT2D eigenvalue weighted by Crippen LogP contribution is 2.20. The number of nitrogens with zero attached hydrogens (tertiary/aromatic N) is 2. The van der Waals surface area contributed by atoms with Gasteiger partial charge in [-0.05, 0) is 48.4 Å². The van der Waals surface area contributed by atoms with E-state index in [1.807, 2.05) is 36.4 Å². The second kappa shape index (κ2) is 8.43. The van der Waals surface area contributed by atoms with Gasteiger partial charge in [-0.2, -0.15) is 0 Å². The molecule has 0 unspecified atom stereocenters. The Balaban J connectivity index is 1.49. The number of rotatable bonds is 7. The second-order valence-corrected chi connectivity index (χ2v) is 5.82. The summed E-state index contributed by atoms with van der Waals surface area (Å²) < 4.78 is 5.74. The molecule has 1 N–H and O–H groups in total. The van der Waals surface area contributed by atoms with Crippen molar-refractivity contribution in [3.8, 4) is 11.5 Å². The van der Waals surface area contributed by atoms with Crippen molar-refractivity contribution in [2.24, 2.45) is 0 Å². The third kappa shape index (κ3) is 5.05. The summed E-state index contributed by atoms with van der Waals surface area (Å²) in [6.45, 7) is 1.67. The molecule has 0 spiro atoms. The molecule has 3 aromatic rings. The van der Waals surface area contributed by atoms with Crippen LogP contribution in [0.25, 0.3) is 0 Å². The Hall–Kier alpha value is -2.43. The Bertz CT molecular complexity index is 780.